The van der Waals surface area contributed by atoms with E-state index in [1.165, 1.54) is 6.07 Å². The first-order valence-electron chi connectivity index (χ1n) is 14.0. The number of fused-ring (bicyclic) bond motifs is 1. The number of aromatic nitrogens is 1. The summed E-state index contributed by atoms with van der Waals surface area (Å²) < 4.78 is 56.6. The zero-order valence-electron chi connectivity index (χ0n) is 24.7. The van der Waals surface area contributed by atoms with Crippen molar-refractivity contribution in [2.45, 2.75) is 59.6 Å². The molecular weight excluding hydrogens is 545 g/mol. The molecule has 1 fully saturated rings. The Hall–Kier alpha value is -3.95. The first kappa shape index (κ1) is 32.6. The number of nitrogens with zero attached hydrogens (tertiary/aromatic N) is 1. The molecule has 0 bridgehead atoms. The second-order valence-electron chi connectivity index (χ2n) is 9.39. The number of hydrogen-bond acceptors (Lipinski definition) is 5. The Morgan fingerprint density at radius 2 is 1.67 bits per heavy atom. The molecule has 6 nitrogen and oxygen atoms in total. The molecule has 9 heteroatoms. The number of amides is 1. The van der Waals surface area contributed by atoms with Crippen molar-refractivity contribution in [3.05, 3.63) is 90.0 Å². The van der Waals surface area contributed by atoms with Gasteiger partial charge in [0.15, 0.2) is 5.79 Å². The number of alkyl halides is 3. The van der Waals surface area contributed by atoms with Crippen LogP contribution in [-0.2, 0) is 15.7 Å². The molecule has 0 radical (unpaired) electrons. The van der Waals surface area contributed by atoms with Gasteiger partial charge in [0.2, 0.25) is 0 Å². The molecule has 42 heavy (non-hydrogen) atoms. The lowest BCUT2D eigenvalue weighted by Crippen LogP contribution is -2.25. The molecule has 224 valence electrons. The zero-order valence-corrected chi connectivity index (χ0v) is 24.7. The van der Waals surface area contributed by atoms with Gasteiger partial charge in [-0.05, 0) is 62.4 Å². The van der Waals surface area contributed by atoms with E-state index in [0.29, 0.717) is 52.4 Å². The second kappa shape index (κ2) is 14.3. The second-order valence-corrected chi connectivity index (χ2v) is 9.39. The van der Waals surface area contributed by atoms with E-state index in [1.54, 1.807) is 60.7 Å². The number of hydrogen-bond donors (Lipinski definition) is 1. The van der Waals surface area contributed by atoms with Crippen molar-refractivity contribution in [3.63, 3.8) is 0 Å². The summed E-state index contributed by atoms with van der Waals surface area (Å²) in [4.78, 5) is 17.7. The van der Waals surface area contributed by atoms with Gasteiger partial charge in [0.1, 0.15) is 18.5 Å². The molecular formula is C33H37F3N2O4. The SMILES string of the molecule is CC.CC.CC1(C)OCC(COc2ccc(NC(=O)c3cccc4ccc(-c5cccc(C(F)(F)F)c5)nc34)cc2)O1. The number of rotatable bonds is 6. The third kappa shape index (κ3) is 8.30. The fourth-order valence-electron chi connectivity index (χ4n) is 4.21. The van der Waals surface area contributed by atoms with E-state index in [9.17, 15) is 18.0 Å². The number of pyridine rings is 1. The molecule has 0 aliphatic carbocycles. The van der Waals surface area contributed by atoms with Crippen LogP contribution in [0.5, 0.6) is 5.75 Å². The number of halogens is 3. The summed E-state index contributed by atoms with van der Waals surface area (Å²) in [5, 5.41) is 3.54. The van der Waals surface area contributed by atoms with Gasteiger partial charge in [-0.25, -0.2) is 4.98 Å². The first-order chi connectivity index (χ1) is 20.1. The van der Waals surface area contributed by atoms with Crippen LogP contribution in [0.2, 0.25) is 0 Å². The lowest BCUT2D eigenvalue weighted by molar-refractivity contribution is -0.141. The van der Waals surface area contributed by atoms with E-state index in [1.807, 2.05) is 41.5 Å². The fraction of sp³-hybridized carbons (Fsp3) is 0.333. The highest BCUT2D eigenvalue weighted by Crippen LogP contribution is 2.32. The van der Waals surface area contributed by atoms with Gasteiger partial charge in [-0.3, -0.25) is 4.79 Å². The number of nitrogens with one attached hydrogen (secondary N) is 1. The molecule has 1 N–H and O–H groups in total. The molecule has 2 heterocycles. The van der Waals surface area contributed by atoms with Crippen LogP contribution in [0.1, 0.15) is 57.5 Å². The van der Waals surface area contributed by atoms with Crippen LogP contribution in [0.25, 0.3) is 22.2 Å². The number of carbonyl (C=O) groups is 1. The lowest BCUT2D eigenvalue weighted by atomic mass is 10.0. The van der Waals surface area contributed by atoms with Crippen molar-refractivity contribution in [2.75, 3.05) is 18.5 Å². The Kier molecular flexibility index (Phi) is 11.1. The maximum absolute atomic E-state index is 13.2. The van der Waals surface area contributed by atoms with Crippen LogP contribution in [-0.4, -0.2) is 36.0 Å². The van der Waals surface area contributed by atoms with Gasteiger partial charge in [0.25, 0.3) is 5.91 Å². The van der Waals surface area contributed by atoms with E-state index in [2.05, 4.69) is 10.3 Å². The highest BCUT2D eigenvalue weighted by molar-refractivity contribution is 6.12. The average Bonchev–Trinajstić information content (AvgIpc) is 3.36. The van der Waals surface area contributed by atoms with E-state index in [-0.39, 0.29) is 6.10 Å². The highest BCUT2D eigenvalue weighted by Gasteiger charge is 2.33. The average molecular weight is 583 g/mol. The summed E-state index contributed by atoms with van der Waals surface area (Å²) in [5.41, 5.74) is 1.13. The fourth-order valence-corrected chi connectivity index (χ4v) is 4.21. The van der Waals surface area contributed by atoms with Crippen molar-refractivity contribution in [2.24, 2.45) is 0 Å². The molecule has 1 aliphatic heterocycles. The maximum Gasteiger partial charge on any atom is 0.416 e. The minimum atomic E-state index is -4.46. The molecule has 1 atom stereocenters. The summed E-state index contributed by atoms with van der Waals surface area (Å²) in [7, 11) is 0. The molecule has 1 saturated heterocycles. The summed E-state index contributed by atoms with van der Waals surface area (Å²) in [5.74, 6) is -0.391. The highest BCUT2D eigenvalue weighted by atomic mass is 19.4. The van der Waals surface area contributed by atoms with Gasteiger partial charge in [0.05, 0.1) is 28.9 Å². The van der Waals surface area contributed by atoms with Crippen molar-refractivity contribution in [3.8, 4) is 17.0 Å². The molecule has 4 aromatic rings. The maximum atomic E-state index is 13.2. The van der Waals surface area contributed by atoms with Crippen LogP contribution < -0.4 is 10.1 Å². The van der Waals surface area contributed by atoms with Crippen molar-refractivity contribution in [1.82, 2.24) is 4.98 Å². The van der Waals surface area contributed by atoms with E-state index < -0.39 is 23.4 Å². The Bertz CT molecular complexity index is 1470. The van der Waals surface area contributed by atoms with Crippen molar-refractivity contribution >= 4 is 22.5 Å². The van der Waals surface area contributed by atoms with Crippen LogP contribution >= 0.6 is 0 Å². The predicted octanol–water partition coefficient (Wildman–Crippen LogP) is 8.76. The quantitative estimate of drug-likeness (QED) is 0.246. The normalized spacial score (nSPS) is 15.6. The number of para-hydroxylation sites is 1. The van der Waals surface area contributed by atoms with E-state index in [0.717, 1.165) is 12.1 Å². The molecule has 1 unspecified atom stereocenters. The molecule has 1 amide bonds. The smallest absolute Gasteiger partial charge is 0.416 e. The summed E-state index contributed by atoms with van der Waals surface area (Å²) >= 11 is 0. The van der Waals surface area contributed by atoms with Crippen LogP contribution in [0.3, 0.4) is 0 Å². The van der Waals surface area contributed by atoms with Gasteiger partial charge < -0.3 is 19.5 Å². The first-order valence-corrected chi connectivity index (χ1v) is 14.0. The standard InChI is InChI=1S/C29H25F3N2O4.2C2H6/c1-28(2)37-17-23(38-28)16-36-22-12-10-21(11-13-22)33-27(35)24-8-4-5-18-9-14-25(34-26(18)24)19-6-3-7-20(15-19)29(30,31)32;2*1-2/h3-15,23H,16-17H2,1-2H3,(H,33,35);2*1-2H3. The van der Waals surface area contributed by atoms with Gasteiger partial charge >= 0.3 is 6.18 Å². The molecule has 1 aliphatic rings. The number of benzene rings is 3. The van der Waals surface area contributed by atoms with Crippen molar-refractivity contribution in [1.29, 1.82) is 0 Å². The summed E-state index contributed by atoms with van der Waals surface area (Å²) in [6.07, 6.45) is -4.63. The Morgan fingerprint density at radius 3 is 2.31 bits per heavy atom. The lowest BCUT2D eigenvalue weighted by Gasteiger charge is -2.17. The predicted molar refractivity (Wildman–Crippen MR) is 160 cm³/mol. The minimum Gasteiger partial charge on any atom is -0.491 e. The molecule has 0 spiro atoms. The topological polar surface area (TPSA) is 69.7 Å². The summed E-state index contributed by atoms with van der Waals surface area (Å²) in [6, 6.07) is 20.4. The zero-order chi connectivity index (χ0) is 30.9. The Labute approximate surface area is 244 Å². The van der Waals surface area contributed by atoms with Crippen LogP contribution in [0.4, 0.5) is 18.9 Å². The largest absolute Gasteiger partial charge is 0.491 e. The third-order valence-corrected chi connectivity index (χ3v) is 6.07. The molecule has 3 aromatic carbocycles. The number of carbonyl (C=O) groups excluding carboxylic acids is 1. The minimum absolute atomic E-state index is 0.163. The van der Waals surface area contributed by atoms with Gasteiger partial charge in [-0.2, -0.15) is 13.2 Å². The number of anilines is 1. The van der Waals surface area contributed by atoms with Gasteiger partial charge in [0, 0.05) is 16.6 Å². The Balaban J connectivity index is 0.00000116. The van der Waals surface area contributed by atoms with E-state index >= 15 is 0 Å². The molecule has 1 aromatic heterocycles. The van der Waals surface area contributed by atoms with Crippen molar-refractivity contribution < 1.29 is 32.2 Å². The summed E-state index contributed by atoms with van der Waals surface area (Å²) in [6.45, 7) is 12.5. The van der Waals surface area contributed by atoms with Crippen LogP contribution in [0, 0.1) is 0 Å². The van der Waals surface area contributed by atoms with Gasteiger partial charge in [-0.15, -0.1) is 0 Å². The number of ether oxygens (including phenoxy) is 3. The third-order valence-electron chi connectivity index (χ3n) is 6.07. The monoisotopic (exact) mass is 582 g/mol. The molecule has 0 saturated carbocycles. The Morgan fingerprint density at radius 1 is 0.976 bits per heavy atom. The van der Waals surface area contributed by atoms with Crippen LogP contribution in [0.15, 0.2) is 78.9 Å². The van der Waals surface area contributed by atoms with Gasteiger partial charge in [-0.1, -0.05) is 58.0 Å². The molecule has 5 rings (SSSR count). The van der Waals surface area contributed by atoms with E-state index in [4.69, 9.17) is 14.2 Å².